The number of benzene rings is 1. The van der Waals surface area contributed by atoms with Crippen LogP contribution in [0.2, 0.25) is 0 Å². The second kappa shape index (κ2) is 5.54. The number of thiazole rings is 1. The summed E-state index contributed by atoms with van der Waals surface area (Å²) in [5.74, 6) is -1.62. The Morgan fingerprint density at radius 3 is 2.78 bits per heavy atom. The largest absolute Gasteiger partial charge is 0.306 e. The monoisotopic (exact) mass is 268 g/mol. The highest BCUT2D eigenvalue weighted by molar-refractivity contribution is 7.11. The summed E-state index contributed by atoms with van der Waals surface area (Å²) < 4.78 is 27.1. The molecule has 1 N–H and O–H groups in total. The van der Waals surface area contributed by atoms with Crippen LogP contribution in [0.4, 0.5) is 8.78 Å². The van der Waals surface area contributed by atoms with E-state index in [2.05, 4.69) is 10.3 Å². The van der Waals surface area contributed by atoms with Gasteiger partial charge in [0.05, 0.1) is 11.0 Å². The van der Waals surface area contributed by atoms with E-state index in [4.69, 9.17) is 0 Å². The summed E-state index contributed by atoms with van der Waals surface area (Å²) in [6.07, 6.45) is 1.71. The maximum absolute atomic E-state index is 13.8. The Hall–Kier alpha value is -1.33. The summed E-state index contributed by atoms with van der Waals surface area (Å²) in [6.45, 7) is 4.48. The molecule has 0 aliphatic carbocycles. The molecule has 0 aliphatic heterocycles. The Morgan fingerprint density at radius 1 is 1.39 bits per heavy atom. The first kappa shape index (κ1) is 13.1. The fraction of sp³-hybridized carbons (Fsp3) is 0.308. The van der Waals surface area contributed by atoms with E-state index in [1.54, 1.807) is 12.3 Å². The number of aryl methyl sites for hydroxylation is 1. The zero-order chi connectivity index (χ0) is 13.1. The Bertz CT molecular complexity index is 540. The highest BCUT2D eigenvalue weighted by atomic mass is 32.1. The number of hydrogen-bond acceptors (Lipinski definition) is 3. The SMILES string of the molecule is CCNC(c1cnc(C)s1)c1cccc(F)c1F. The van der Waals surface area contributed by atoms with Gasteiger partial charge in [-0.2, -0.15) is 0 Å². The zero-order valence-corrected chi connectivity index (χ0v) is 11.0. The third-order valence-electron chi connectivity index (χ3n) is 2.62. The highest BCUT2D eigenvalue weighted by Gasteiger charge is 2.20. The average molecular weight is 268 g/mol. The topological polar surface area (TPSA) is 24.9 Å². The van der Waals surface area contributed by atoms with E-state index >= 15 is 0 Å². The summed E-state index contributed by atoms with van der Waals surface area (Å²) in [7, 11) is 0. The molecule has 0 aliphatic rings. The maximum atomic E-state index is 13.8. The number of hydrogen-bond donors (Lipinski definition) is 1. The molecule has 1 unspecified atom stereocenters. The third kappa shape index (κ3) is 2.57. The number of rotatable bonds is 4. The van der Waals surface area contributed by atoms with Crippen LogP contribution in [0.1, 0.15) is 28.4 Å². The van der Waals surface area contributed by atoms with Crippen molar-refractivity contribution in [3.05, 3.63) is 51.5 Å². The van der Waals surface area contributed by atoms with Crippen molar-refractivity contribution in [1.29, 1.82) is 0 Å². The van der Waals surface area contributed by atoms with E-state index in [0.717, 1.165) is 16.0 Å². The molecule has 2 nitrogen and oxygen atoms in total. The molecule has 0 saturated carbocycles. The van der Waals surface area contributed by atoms with Gasteiger partial charge in [-0.25, -0.2) is 13.8 Å². The molecule has 0 amide bonds. The standard InChI is InChI=1S/C13H14F2N2S/c1-3-16-13(11-7-17-8(2)18-11)9-5-4-6-10(14)12(9)15/h4-7,13,16H,3H2,1-2H3. The van der Waals surface area contributed by atoms with Crippen LogP contribution in [-0.4, -0.2) is 11.5 Å². The summed E-state index contributed by atoms with van der Waals surface area (Å²) in [5, 5.41) is 4.07. The molecule has 0 bridgehead atoms. The first-order valence-corrected chi connectivity index (χ1v) is 6.54. The smallest absolute Gasteiger partial charge is 0.163 e. The molecule has 1 aromatic heterocycles. The van der Waals surface area contributed by atoms with Crippen molar-refractivity contribution in [1.82, 2.24) is 10.3 Å². The fourth-order valence-electron chi connectivity index (χ4n) is 1.82. The Morgan fingerprint density at radius 2 is 2.17 bits per heavy atom. The van der Waals surface area contributed by atoms with E-state index in [1.165, 1.54) is 17.4 Å². The van der Waals surface area contributed by atoms with Crippen LogP contribution < -0.4 is 5.32 Å². The van der Waals surface area contributed by atoms with Crippen LogP contribution in [0.25, 0.3) is 0 Å². The minimum atomic E-state index is -0.823. The molecule has 0 saturated heterocycles. The van der Waals surface area contributed by atoms with Gasteiger partial charge in [-0.15, -0.1) is 11.3 Å². The second-order valence-corrected chi connectivity index (χ2v) is 5.18. The predicted molar refractivity (Wildman–Crippen MR) is 68.7 cm³/mol. The quantitative estimate of drug-likeness (QED) is 0.919. The van der Waals surface area contributed by atoms with Gasteiger partial charge in [0.15, 0.2) is 11.6 Å². The number of aromatic nitrogens is 1. The van der Waals surface area contributed by atoms with E-state index in [0.29, 0.717) is 12.1 Å². The van der Waals surface area contributed by atoms with Crippen LogP contribution >= 0.6 is 11.3 Å². The van der Waals surface area contributed by atoms with Crippen molar-refractivity contribution in [3.8, 4) is 0 Å². The van der Waals surface area contributed by atoms with Gasteiger partial charge in [0, 0.05) is 16.6 Å². The maximum Gasteiger partial charge on any atom is 0.163 e. The molecular formula is C13H14F2N2S. The normalized spacial score (nSPS) is 12.7. The van der Waals surface area contributed by atoms with Crippen LogP contribution in [-0.2, 0) is 0 Å². The first-order valence-electron chi connectivity index (χ1n) is 5.73. The van der Waals surface area contributed by atoms with Gasteiger partial charge in [-0.3, -0.25) is 0 Å². The van der Waals surface area contributed by atoms with E-state index in [-0.39, 0.29) is 6.04 Å². The van der Waals surface area contributed by atoms with E-state index < -0.39 is 11.6 Å². The van der Waals surface area contributed by atoms with Gasteiger partial charge in [0.1, 0.15) is 0 Å². The average Bonchev–Trinajstić information content (AvgIpc) is 2.77. The predicted octanol–water partition coefficient (Wildman–Crippen LogP) is 3.43. The first-order chi connectivity index (χ1) is 8.63. The molecule has 0 spiro atoms. The molecule has 1 atom stereocenters. The molecule has 0 radical (unpaired) electrons. The fourth-order valence-corrected chi connectivity index (χ4v) is 2.70. The van der Waals surface area contributed by atoms with Crippen molar-refractivity contribution in [2.75, 3.05) is 6.54 Å². The molecule has 0 fully saturated rings. The Kier molecular flexibility index (Phi) is 4.04. The van der Waals surface area contributed by atoms with Crippen LogP contribution in [0.5, 0.6) is 0 Å². The van der Waals surface area contributed by atoms with Gasteiger partial charge in [-0.05, 0) is 19.5 Å². The molecular weight excluding hydrogens is 254 g/mol. The molecule has 2 rings (SSSR count). The van der Waals surface area contributed by atoms with Gasteiger partial charge in [0.2, 0.25) is 0 Å². The zero-order valence-electron chi connectivity index (χ0n) is 10.2. The lowest BCUT2D eigenvalue weighted by Crippen LogP contribution is -2.22. The lowest BCUT2D eigenvalue weighted by molar-refractivity contribution is 0.484. The van der Waals surface area contributed by atoms with Crippen molar-refractivity contribution < 1.29 is 8.78 Å². The van der Waals surface area contributed by atoms with Crippen molar-refractivity contribution in [2.45, 2.75) is 19.9 Å². The molecule has 5 heteroatoms. The third-order valence-corrected chi connectivity index (χ3v) is 3.60. The highest BCUT2D eigenvalue weighted by Crippen LogP contribution is 2.29. The minimum absolute atomic E-state index is 0.320. The number of nitrogens with zero attached hydrogens (tertiary/aromatic N) is 1. The van der Waals surface area contributed by atoms with Gasteiger partial charge in [-0.1, -0.05) is 19.1 Å². The van der Waals surface area contributed by atoms with Crippen LogP contribution in [0.3, 0.4) is 0 Å². The minimum Gasteiger partial charge on any atom is -0.306 e. The summed E-state index contributed by atoms with van der Waals surface area (Å²) in [6, 6.07) is 3.89. The molecule has 18 heavy (non-hydrogen) atoms. The molecule has 1 aromatic carbocycles. The Labute approximate surface area is 109 Å². The Balaban J connectivity index is 2.44. The number of nitrogens with one attached hydrogen (secondary N) is 1. The van der Waals surface area contributed by atoms with Crippen molar-refractivity contribution in [3.63, 3.8) is 0 Å². The summed E-state index contributed by atoms with van der Waals surface area (Å²) >= 11 is 1.48. The van der Waals surface area contributed by atoms with Crippen molar-refractivity contribution in [2.24, 2.45) is 0 Å². The summed E-state index contributed by atoms with van der Waals surface area (Å²) in [4.78, 5) is 5.05. The lowest BCUT2D eigenvalue weighted by Gasteiger charge is -2.17. The summed E-state index contributed by atoms with van der Waals surface area (Å²) in [5.41, 5.74) is 0.320. The molecule has 96 valence electrons. The van der Waals surface area contributed by atoms with E-state index in [9.17, 15) is 8.78 Å². The van der Waals surface area contributed by atoms with Gasteiger partial charge < -0.3 is 5.32 Å². The van der Waals surface area contributed by atoms with E-state index in [1.807, 2.05) is 13.8 Å². The van der Waals surface area contributed by atoms with Crippen molar-refractivity contribution >= 4 is 11.3 Å². The number of halogens is 2. The lowest BCUT2D eigenvalue weighted by atomic mass is 10.0. The molecule has 1 heterocycles. The van der Waals surface area contributed by atoms with Gasteiger partial charge >= 0.3 is 0 Å². The van der Waals surface area contributed by atoms with Gasteiger partial charge in [0.25, 0.3) is 0 Å². The van der Waals surface area contributed by atoms with Crippen LogP contribution in [0, 0.1) is 18.6 Å². The van der Waals surface area contributed by atoms with Crippen LogP contribution in [0.15, 0.2) is 24.4 Å². The second-order valence-electron chi connectivity index (χ2n) is 3.92. The molecule has 2 aromatic rings.